The SMILES string of the molecule is COC(=O)c1cc(C(F)(F)F)cc(CC2CCCC2)c1C. The van der Waals surface area contributed by atoms with Crippen LogP contribution in [-0.4, -0.2) is 13.1 Å². The number of benzene rings is 1. The molecular formula is C16H19F3O2. The van der Waals surface area contributed by atoms with E-state index in [1.807, 2.05) is 0 Å². The summed E-state index contributed by atoms with van der Waals surface area (Å²) in [5, 5.41) is 0. The van der Waals surface area contributed by atoms with Gasteiger partial charge in [-0.15, -0.1) is 0 Å². The number of carbonyl (C=O) groups excluding carboxylic acids is 1. The maximum absolute atomic E-state index is 13.0. The normalized spacial score (nSPS) is 16.2. The van der Waals surface area contributed by atoms with Gasteiger partial charge in [0, 0.05) is 0 Å². The first-order valence-electron chi connectivity index (χ1n) is 7.12. The molecule has 5 heteroatoms. The Morgan fingerprint density at radius 1 is 1.29 bits per heavy atom. The van der Waals surface area contributed by atoms with E-state index in [0.29, 0.717) is 23.5 Å². The number of rotatable bonds is 3. The Balaban J connectivity index is 2.43. The summed E-state index contributed by atoms with van der Waals surface area (Å²) in [6.07, 6.45) is 0.492. The lowest BCUT2D eigenvalue weighted by Gasteiger charge is -2.17. The Kier molecular flexibility index (Phi) is 4.59. The molecule has 2 rings (SSSR count). The molecule has 0 bridgehead atoms. The van der Waals surface area contributed by atoms with Gasteiger partial charge in [0.2, 0.25) is 0 Å². The van der Waals surface area contributed by atoms with E-state index in [1.165, 1.54) is 13.2 Å². The van der Waals surface area contributed by atoms with E-state index in [2.05, 4.69) is 4.74 Å². The van der Waals surface area contributed by atoms with Gasteiger partial charge >= 0.3 is 12.1 Å². The van der Waals surface area contributed by atoms with E-state index < -0.39 is 17.7 Å². The molecule has 0 spiro atoms. The summed E-state index contributed by atoms with van der Waals surface area (Å²) in [6, 6.07) is 2.07. The standard InChI is InChI=1S/C16H19F3O2/c1-10-12(7-11-5-3-4-6-11)8-13(16(17,18)19)9-14(10)15(20)21-2/h8-9,11H,3-7H2,1-2H3. The molecule has 0 aliphatic heterocycles. The molecule has 0 unspecified atom stereocenters. The largest absolute Gasteiger partial charge is 0.465 e. The van der Waals surface area contributed by atoms with Crippen molar-refractivity contribution in [2.45, 2.75) is 45.2 Å². The quantitative estimate of drug-likeness (QED) is 0.766. The molecule has 0 N–H and O–H groups in total. The van der Waals surface area contributed by atoms with Gasteiger partial charge in [-0.3, -0.25) is 0 Å². The summed E-state index contributed by atoms with van der Waals surface area (Å²) < 4.78 is 43.6. The highest BCUT2D eigenvalue weighted by molar-refractivity contribution is 5.91. The number of carbonyl (C=O) groups is 1. The first kappa shape index (κ1) is 15.9. The van der Waals surface area contributed by atoms with Gasteiger partial charge in [0.25, 0.3) is 0 Å². The van der Waals surface area contributed by atoms with Crippen molar-refractivity contribution in [2.75, 3.05) is 7.11 Å². The van der Waals surface area contributed by atoms with E-state index >= 15 is 0 Å². The minimum Gasteiger partial charge on any atom is -0.465 e. The molecular weight excluding hydrogens is 281 g/mol. The molecule has 0 atom stereocenters. The number of ether oxygens (including phenoxy) is 1. The Morgan fingerprint density at radius 2 is 1.90 bits per heavy atom. The van der Waals surface area contributed by atoms with Crippen LogP contribution in [0.1, 0.15) is 52.7 Å². The second kappa shape index (κ2) is 6.08. The number of hydrogen-bond acceptors (Lipinski definition) is 2. The molecule has 1 fully saturated rings. The number of methoxy groups -OCH3 is 1. The van der Waals surface area contributed by atoms with Crippen molar-refractivity contribution in [1.29, 1.82) is 0 Å². The molecule has 0 radical (unpaired) electrons. The molecule has 2 nitrogen and oxygen atoms in total. The van der Waals surface area contributed by atoms with E-state index in [1.54, 1.807) is 6.92 Å². The first-order chi connectivity index (χ1) is 9.82. The predicted octanol–water partition coefficient (Wildman–Crippen LogP) is 4.53. The maximum Gasteiger partial charge on any atom is 0.416 e. The van der Waals surface area contributed by atoms with Gasteiger partial charge in [-0.1, -0.05) is 25.7 Å². The van der Waals surface area contributed by atoms with Crippen molar-refractivity contribution < 1.29 is 22.7 Å². The van der Waals surface area contributed by atoms with E-state index in [4.69, 9.17) is 0 Å². The molecule has 116 valence electrons. The minimum absolute atomic E-state index is 0.0142. The molecule has 0 saturated heterocycles. The Bertz CT molecular complexity index is 529. The molecule has 1 aromatic rings. The van der Waals surface area contributed by atoms with Crippen LogP contribution < -0.4 is 0 Å². The topological polar surface area (TPSA) is 26.3 Å². The van der Waals surface area contributed by atoms with Crippen LogP contribution in [-0.2, 0) is 17.3 Å². The van der Waals surface area contributed by atoms with Gasteiger partial charge in [0.05, 0.1) is 18.2 Å². The van der Waals surface area contributed by atoms with Crippen molar-refractivity contribution in [3.05, 3.63) is 34.4 Å². The van der Waals surface area contributed by atoms with Crippen molar-refractivity contribution in [2.24, 2.45) is 5.92 Å². The van der Waals surface area contributed by atoms with Crippen LogP contribution in [0.3, 0.4) is 0 Å². The molecule has 1 saturated carbocycles. The van der Waals surface area contributed by atoms with E-state index in [0.717, 1.165) is 31.7 Å². The Morgan fingerprint density at radius 3 is 2.43 bits per heavy atom. The number of halogens is 3. The van der Waals surface area contributed by atoms with E-state index in [9.17, 15) is 18.0 Å². The van der Waals surface area contributed by atoms with Crippen LogP contribution in [0.4, 0.5) is 13.2 Å². The predicted molar refractivity (Wildman–Crippen MR) is 73.2 cm³/mol. The Hall–Kier alpha value is -1.52. The molecule has 1 aliphatic rings. The highest BCUT2D eigenvalue weighted by atomic mass is 19.4. The van der Waals surface area contributed by atoms with Crippen LogP contribution >= 0.6 is 0 Å². The average Bonchev–Trinajstić information content (AvgIpc) is 2.92. The third-order valence-electron chi connectivity index (χ3n) is 4.23. The van der Waals surface area contributed by atoms with Gasteiger partial charge in [0.15, 0.2) is 0 Å². The number of esters is 1. The fourth-order valence-electron chi connectivity index (χ4n) is 3.00. The summed E-state index contributed by atoms with van der Waals surface area (Å²) >= 11 is 0. The third-order valence-corrected chi connectivity index (χ3v) is 4.23. The van der Waals surface area contributed by atoms with Gasteiger partial charge in [0.1, 0.15) is 0 Å². The van der Waals surface area contributed by atoms with Crippen LogP contribution in [0.2, 0.25) is 0 Å². The summed E-state index contributed by atoms with van der Waals surface area (Å²) in [5.74, 6) is -0.302. The van der Waals surface area contributed by atoms with Crippen molar-refractivity contribution in [3.8, 4) is 0 Å². The summed E-state index contributed by atoms with van der Waals surface area (Å²) in [6.45, 7) is 1.69. The number of alkyl halides is 3. The van der Waals surface area contributed by atoms with Gasteiger partial charge in [-0.25, -0.2) is 4.79 Å². The second-order valence-electron chi connectivity index (χ2n) is 5.65. The molecule has 1 aliphatic carbocycles. The van der Waals surface area contributed by atoms with Crippen molar-refractivity contribution in [1.82, 2.24) is 0 Å². The molecule has 1 aromatic carbocycles. The molecule has 21 heavy (non-hydrogen) atoms. The van der Waals surface area contributed by atoms with Crippen molar-refractivity contribution >= 4 is 5.97 Å². The maximum atomic E-state index is 13.0. The highest BCUT2D eigenvalue weighted by Crippen LogP contribution is 2.35. The number of hydrogen-bond donors (Lipinski definition) is 0. The lowest BCUT2D eigenvalue weighted by Crippen LogP contribution is -2.13. The summed E-state index contributed by atoms with van der Waals surface area (Å²) in [4.78, 5) is 11.7. The monoisotopic (exact) mass is 300 g/mol. The highest BCUT2D eigenvalue weighted by Gasteiger charge is 2.33. The van der Waals surface area contributed by atoms with Gasteiger partial charge in [-0.05, 0) is 42.5 Å². The van der Waals surface area contributed by atoms with E-state index in [-0.39, 0.29) is 5.56 Å². The summed E-state index contributed by atoms with van der Waals surface area (Å²) in [5.41, 5.74) is 0.445. The van der Waals surface area contributed by atoms with Gasteiger partial charge in [-0.2, -0.15) is 13.2 Å². The third kappa shape index (κ3) is 3.57. The fourth-order valence-corrected chi connectivity index (χ4v) is 3.00. The van der Waals surface area contributed by atoms with Crippen LogP contribution in [0, 0.1) is 12.8 Å². The second-order valence-corrected chi connectivity index (χ2v) is 5.65. The first-order valence-corrected chi connectivity index (χ1v) is 7.12. The lowest BCUT2D eigenvalue weighted by molar-refractivity contribution is -0.137. The lowest BCUT2D eigenvalue weighted by atomic mass is 9.90. The Labute approximate surface area is 122 Å². The van der Waals surface area contributed by atoms with Crippen LogP contribution in [0.5, 0.6) is 0 Å². The summed E-state index contributed by atoms with van der Waals surface area (Å²) in [7, 11) is 1.18. The zero-order valence-electron chi connectivity index (χ0n) is 12.2. The molecule has 0 amide bonds. The van der Waals surface area contributed by atoms with Crippen molar-refractivity contribution in [3.63, 3.8) is 0 Å². The zero-order valence-corrected chi connectivity index (χ0v) is 12.2. The smallest absolute Gasteiger partial charge is 0.416 e. The zero-order chi connectivity index (χ0) is 15.6. The fraction of sp³-hybridized carbons (Fsp3) is 0.562. The molecule has 0 heterocycles. The van der Waals surface area contributed by atoms with Crippen LogP contribution in [0.15, 0.2) is 12.1 Å². The van der Waals surface area contributed by atoms with Gasteiger partial charge < -0.3 is 4.74 Å². The molecule has 0 aromatic heterocycles. The van der Waals surface area contributed by atoms with Crippen LogP contribution in [0.25, 0.3) is 0 Å². The average molecular weight is 300 g/mol. The minimum atomic E-state index is -4.46.